The first kappa shape index (κ1) is 36.0. The number of ketones is 6. The molecule has 16 heteroatoms. The Hall–Kier alpha value is -2.38. The number of carbonyl (C=O) groups excluding carboxylic acids is 6. The van der Waals surface area contributed by atoms with Crippen LogP contribution >= 0.6 is 0 Å². The van der Waals surface area contributed by atoms with Gasteiger partial charge in [0.25, 0.3) is 0 Å². The quantitative estimate of drug-likeness (QED) is 0.214. The van der Waals surface area contributed by atoms with Crippen molar-refractivity contribution in [3.8, 4) is 0 Å². The van der Waals surface area contributed by atoms with E-state index in [1.165, 1.54) is 0 Å². The van der Waals surface area contributed by atoms with Crippen molar-refractivity contribution in [2.24, 2.45) is 0 Å². The average Bonchev–Trinajstić information content (AvgIpc) is 2.43. The molecule has 0 saturated heterocycles. The number of hydrogen-bond acceptors (Lipinski definition) is 6. The van der Waals surface area contributed by atoms with Crippen LogP contribution in [0.1, 0.15) is 20.8 Å². The predicted octanol–water partition coefficient (Wildman–Crippen LogP) is 2.73. The van der Waals surface area contributed by atoms with Gasteiger partial charge in [0.05, 0.1) is 0 Å². The second-order valence-electron chi connectivity index (χ2n) is 4.85. The Morgan fingerprint density at radius 2 is 0.581 bits per heavy atom. The number of carbonyl (C=O) groups is 6. The van der Waals surface area contributed by atoms with Gasteiger partial charge in [0.15, 0.2) is 0 Å². The van der Waals surface area contributed by atoms with Crippen molar-refractivity contribution in [3.63, 3.8) is 0 Å². The largest absolute Gasteiger partial charge is 3.00 e. The van der Waals surface area contributed by atoms with Crippen LogP contribution in [0.5, 0.6) is 0 Å². The SMILES string of the molecule is CC(=O)[CH-]C(=O)C(F)(F)F.CC(=O)[CH-]C(=O)C(F)(F)F.CC(=O)[CH-]C(=O)C(F)(F)F.[Ru+3]. The van der Waals surface area contributed by atoms with Crippen LogP contribution in [-0.2, 0) is 48.2 Å². The van der Waals surface area contributed by atoms with Gasteiger partial charge in [0.1, 0.15) is 17.3 Å². The molecule has 0 aliphatic carbocycles. The molecule has 1 radical (unpaired) electrons. The van der Waals surface area contributed by atoms with Crippen LogP contribution in [0.3, 0.4) is 0 Å². The fraction of sp³-hybridized carbons (Fsp3) is 0.400. The normalized spacial score (nSPS) is 10.5. The number of hydrogen-bond donors (Lipinski definition) is 0. The topological polar surface area (TPSA) is 102 Å². The van der Waals surface area contributed by atoms with E-state index in [0.717, 1.165) is 20.8 Å². The first-order valence-electron chi connectivity index (χ1n) is 6.91. The van der Waals surface area contributed by atoms with Crippen molar-refractivity contribution in [1.82, 2.24) is 0 Å². The van der Waals surface area contributed by atoms with Gasteiger partial charge in [0, 0.05) is 17.3 Å². The minimum atomic E-state index is -4.92. The van der Waals surface area contributed by atoms with Crippen molar-refractivity contribution < 1.29 is 87.8 Å². The van der Waals surface area contributed by atoms with E-state index in [4.69, 9.17) is 0 Å². The summed E-state index contributed by atoms with van der Waals surface area (Å²) in [4.78, 5) is 59.4. The molecule has 0 rings (SSSR count). The zero-order valence-corrected chi connectivity index (χ0v) is 17.2. The van der Waals surface area contributed by atoms with Crippen LogP contribution in [0.4, 0.5) is 39.5 Å². The second-order valence-corrected chi connectivity index (χ2v) is 4.85. The summed E-state index contributed by atoms with van der Waals surface area (Å²) in [5.74, 6) is -9.04. The molecule has 0 heterocycles. The van der Waals surface area contributed by atoms with Crippen LogP contribution in [-0.4, -0.2) is 53.2 Å². The van der Waals surface area contributed by atoms with Gasteiger partial charge in [-0.15, -0.1) is 0 Å². The van der Waals surface area contributed by atoms with E-state index in [-0.39, 0.29) is 38.7 Å². The third-order valence-electron chi connectivity index (χ3n) is 1.84. The van der Waals surface area contributed by atoms with Gasteiger partial charge >= 0.3 is 38.0 Å². The molecule has 0 bridgehead atoms. The van der Waals surface area contributed by atoms with Crippen molar-refractivity contribution in [3.05, 3.63) is 19.3 Å². The maximum atomic E-state index is 11.3. The van der Waals surface area contributed by atoms with Gasteiger partial charge in [-0.3, -0.25) is 19.3 Å². The molecular formula is C15H12F9O6Ru. The summed E-state index contributed by atoms with van der Waals surface area (Å²) in [6, 6.07) is 0. The van der Waals surface area contributed by atoms with Gasteiger partial charge < -0.3 is 28.8 Å². The van der Waals surface area contributed by atoms with Crippen molar-refractivity contribution in [2.45, 2.75) is 39.3 Å². The molecule has 0 saturated carbocycles. The third-order valence-corrected chi connectivity index (χ3v) is 1.84. The summed E-state index contributed by atoms with van der Waals surface area (Å²) >= 11 is 0. The van der Waals surface area contributed by atoms with Crippen LogP contribution < -0.4 is 0 Å². The molecule has 0 aromatic carbocycles. The van der Waals surface area contributed by atoms with Gasteiger partial charge in [-0.2, -0.15) is 39.5 Å². The summed E-state index contributed by atoms with van der Waals surface area (Å²) in [5.41, 5.74) is 0. The molecule has 0 unspecified atom stereocenters. The average molecular weight is 560 g/mol. The maximum Gasteiger partial charge on any atom is 3.00 e. The molecule has 0 aliphatic heterocycles. The van der Waals surface area contributed by atoms with E-state index >= 15 is 0 Å². The molecule has 0 aromatic rings. The molecule has 0 amide bonds. The summed E-state index contributed by atoms with van der Waals surface area (Å²) in [6.45, 7) is 2.64. The Morgan fingerprint density at radius 3 is 0.613 bits per heavy atom. The third kappa shape index (κ3) is 23.8. The Balaban J connectivity index is -0.000000174. The molecule has 0 aromatic heterocycles. The molecule has 0 fully saturated rings. The number of Topliss-reactive ketones (excluding diaryl/α,β-unsaturated/α-hetero) is 6. The standard InChI is InChI=1S/3C5H4F3O2.Ru/c3*1-3(9)2-4(10)5(6,7)8;/h3*2H,1H3;/q3*-1;+3. The Labute approximate surface area is 181 Å². The second kappa shape index (κ2) is 14.6. The van der Waals surface area contributed by atoms with Crippen LogP contribution in [0, 0.1) is 19.3 Å². The first-order chi connectivity index (χ1) is 13.0. The van der Waals surface area contributed by atoms with Gasteiger partial charge in [-0.05, 0) is 20.8 Å². The fourth-order valence-electron chi connectivity index (χ4n) is 0.799. The Kier molecular flexibility index (Phi) is 17.0. The summed E-state index contributed by atoms with van der Waals surface area (Å²) < 4.78 is 101. The fourth-order valence-corrected chi connectivity index (χ4v) is 0.799. The molecular weight excluding hydrogens is 548 g/mol. The summed E-state index contributed by atoms with van der Waals surface area (Å²) in [7, 11) is 0. The summed E-state index contributed by atoms with van der Waals surface area (Å²) in [5, 5.41) is 0. The zero-order valence-electron chi connectivity index (χ0n) is 15.4. The zero-order chi connectivity index (χ0) is 25.1. The molecule has 0 N–H and O–H groups in total. The minimum absolute atomic E-state index is 0. The van der Waals surface area contributed by atoms with E-state index in [0.29, 0.717) is 0 Å². The molecule has 31 heavy (non-hydrogen) atoms. The number of alkyl halides is 9. The minimum Gasteiger partial charge on any atom is -0.334 e. The van der Waals surface area contributed by atoms with E-state index in [9.17, 15) is 68.3 Å². The van der Waals surface area contributed by atoms with Crippen molar-refractivity contribution in [2.75, 3.05) is 0 Å². The molecule has 0 aliphatic rings. The van der Waals surface area contributed by atoms with Gasteiger partial charge in [-0.1, -0.05) is 0 Å². The van der Waals surface area contributed by atoms with Crippen LogP contribution in [0.15, 0.2) is 0 Å². The molecule has 179 valence electrons. The molecule has 0 spiro atoms. The predicted molar refractivity (Wildman–Crippen MR) is 78.1 cm³/mol. The maximum absolute atomic E-state index is 11.3. The van der Waals surface area contributed by atoms with E-state index in [1.807, 2.05) is 0 Å². The van der Waals surface area contributed by atoms with E-state index in [1.54, 1.807) is 0 Å². The van der Waals surface area contributed by atoms with Crippen molar-refractivity contribution >= 4 is 34.7 Å². The molecule has 6 nitrogen and oxygen atoms in total. The first-order valence-corrected chi connectivity index (χ1v) is 6.91. The summed E-state index contributed by atoms with van der Waals surface area (Å²) in [6.07, 6.45) is -14.7. The number of halogens is 9. The van der Waals surface area contributed by atoms with E-state index < -0.39 is 53.2 Å². The van der Waals surface area contributed by atoms with Crippen molar-refractivity contribution in [1.29, 1.82) is 0 Å². The van der Waals surface area contributed by atoms with Gasteiger partial charge in [-0.25, -0.2) is 0 Å². The monoisotopic (exact) mass is 561 g/mol. The van der Waals surface area contributed by atoms with Crippen LogP contribution in [0.2, 0.25) is 0 Å². The van der Waals surface area contributed by atoms with E-state index in [2.05, 4.69) is 0 Å². The van der Waals surface area contributed by atoms with Crippen LogP contribution in [0.25, 0.3) is 0 Å². The number of rotatable bonds is 6. The molecule has 0 atom stereocenters. The van der Waals surface area contributed by atoms with Gasteiger partial charge in [0.2, 0.25) is 0 Å². The Bertz CT molecular complexity index is 573. The Morgan fingerprint density at radius 1 is 0.452 bits per heavy atom. The smallest absolute Gasteiger partial charge is 0.334 e.